The smallest absolute Gasteiger partial charge is 0.194 e. The monoisotopic (exact) mass is 492 g/mol. The normalized spacial score (nSPS) is 13.4. The molecule has 0 aromatic carbocycles. The van der Waals surface area contributed by atoms with E-state index in [1.54, 1.807) is 0 Å². The summed E-state index contributed by atoms with van der Waals surface area (Å²) in [5.74, 6) is 0. The molecule has 0 fully saturated rings. The van der Waals surface area contributed by atoms with Crippen molar-refractivity contribution in [2.45, 2.75) is 123 Å². The highest BCUT2D eigenvalue weighted by Gasteiger charge is 2.10. The van der Waals surface area contributed by atoms with Crippen LogP contribution in [0.2, 0.25) is 0 Å². The van der Waals surface area contributed by atoms with Gasteiger partial charge in [0.05, 0.1) is 13.0 Å². The fourth-order valence-corrected chi connectivity index (χ4v) is 4.36. The zero-order chi connectivity index (χ0) is 25.1. The van der Waals surface area contributed by atoms with Gasteiger partial charge in [0, 0.05) is 12.2 Å². The Hall–Kier alpha value is -1.22. The van der Waals surface area contributed by atoms with Gasteiger partial charge in [-0.1, -0.05) is 108 Å². The minimum Gasteiger partial charge on any atom is -0.608 e. The molecule has 34 heavy (non-hydrogen) atoms. The second-order valence-electron chi connectivity index (χ2n) is 9.07. The van der Waals surface area contributed by atoms with Crippen molar-refractivity contribution in [3.8, 4) is 0 Å². The number of unbranched alkanes of at least 4 members (excludes halogenated alkanes) is 12. The highest BCUT2D eigenvalue weighted by atomic mass is 31.1. The molecule has 5 heteroatoms. The predicted molar refractivity (Wildman–Crippen MR) is 149 cm³/mol. The lowest BCUT2D eigenvalue weighted by Gasteiger charge is -2.10. The van der Waals surface area contributed by atoms with Gasteiger partial charge in [-0.3, -0.25) is 0 Å². The second-order valence-corrected chi connectivity index (χ2v) is 10.2. The van der Waals surface area contributed by atoms with E-state index in [1.807, 2.05) is 6.08 Å². The number of rotatable bonds is 24. The first kappa shape index (κ1) is 32.8. The predicted octanol–water partition coefficient (Wildman–Crippen LogP) is 8.64. The third-order valence-corrected chi connectivity index (χ3v) is 6.73. The second kappa shape index (κ2) is 26.4. The molecule has 0 saturated carbocycles. The number of hydrogen-bond donors (Lipinski definition) is 3. The summed E-state index contributed by atoms with van der Waals surface area (Å²) in [5, 5.41) is 20.9. The Morgan fingerprint density at radius 1 is 0.765 bits per heavy atom. The number of aliphatic hydroxyl groups excluding tert-OH is 1. The fourth-order valence-electron chi connectivity index (χ4n) is 3.77. The summed E-state index contributed by atoms with van der Waals surface area (Å²) in [6, 6.07) is 0. The number of hydrogen-bond acceptors (Lipinski definition) is 4. The highest BCUT2D eigenvalue weighted by Crippen LogP contribution is 2.29. The van der Waals surface area contributed by atoms with Crippen LogP contribution in [0.1, 0.15) is 123 Å². The van der Waals surface area contributed by atoms with E-state index in [0.717, 1.165) is 31.4 Å². The molecule has 0 bridgehead atoms. The summed E-state index contributed by atoms with van der Waals surface area (Å²) in [5.41, 5.74) is 0.941. The quantitative estimate of drug-likeness (QED) is 0.0716. The Kier molecular flexibility index (Phi) is 25.4. The van der Waals surface area contributed by atoms with Gasteiger partial charge in [-0.25, -0.2) is 0 Å². The van der Waals surface area contributed by atoms with Gasteiger partial charge in [-0.05, 0) is 44.6 Å². The Morgan fingerprint density at radius 3 is 1.76 bits per heavy atom. The van der Waals surface area contributed by atoms with Crippen molar-refractivity contribution in [3.63, 3.8) is 0 Å². The van der Waals surface area contributed by atoms with Crippen LogP contribution in [0, 0.1) is 5.16 Å². The number of nitrogens with one attached hydrogen (secondary N) is 2. The van der Waals surface area contributed by atoms with Gasteiger partial charge in [0.25, 0.3) is 0 Å². The van der Waals surface area contributed by atoms with E-state index < -0.39 is 7.94 Å². The topological polar surface area (TPSA) is 79.2 Å². The van der Waals surface area contributed by atoms with Crippen LogP contribution in [-0.4, -0.2) is 18.3 Å². The molecule has 0 amide bonds. The lowest BCUT2D eigenvalue weighted by molar-refractivity contribution is -0.154. The Bertz CT molecular complexity index is 597. The molecule has 0 spiro atoms. The molecule has 0 rings (SSSR count). The Labute approximate surface area is 212 Å². The molecular weight excluding hydrogens is 439 g/mol. The molecule has 0 radical (unpaired) electrons. The molecule has 0 heterocycles. The van der Waals surface area contributed by atoms with E-state index in [0.29, 0.717) is 18.3 Å². The summed E-state index contributed by atoms with van der Waals surface area (Å²) >= 11 is 0. The van der Waals surface area contributed by atoms with E-state index in [4.69, 9.17) is 5.16 Å². The van der Waals surface area contributed by atoms with Gasteiger partial charge in [-0.15, -0.1) is 5.16 Å². The van der Waals surface area contributed by atoms with Crippen molar-refractivity contribution >= 4 is 7.94 Å². The number of aliphatic hydroxyl groups is 1. The van der Waals surface area contributed by atoms with E-state index >= 15 is 0 Å². The van der Waals surface area contributed by atoms with Gasteiger partial charge in [-0.2, -0.15) is 0 Å². The summed E-state index contributed by atoms with van der Waals surface area (Å²) in [6.07, 6.45) is 32.7. The fraction of sp³-hybridized carbons (Fsp3) is 0.724. The molecule has 0 saturated heterocycles. The SMILES string of the molecule is CCCCCCCC/C=C\CC=C(CC(=CC/C=C\CCCCCCCC)[P+](=N)[O-])NCCO. The first-order valence-electron chi connectivity index (χ1n) is 13.9. The van der Waals surface area contributed by atoms with Crippen molar-refractivity contribution in [3.05, 3.63) is 47.5 Å². The van der Waals surface area contributed by atoms with Crippen LogP contribution in [0.25, 0.3) is 0 Å². The molecule has 0 aliphatic carbocycles. The Balaban J connectivity index is 4.46. The average molecular weight is 493 g/mol. The minimum atomic E-state index is -2.12. The maximum absolute atomic E-state index is 12.0. The third-order valence-electron chi connectivity index (χ3n) is 5.87. The molecule has 0 aromatic heterocycles. The first-order valence-corrected chi connectivity index (χ1v) is 15.1. The van der Waals surface area contributed by atoms with E-state index in [2.05, 4.69) is 49.5 Å². The average Bonchev–Trinajstić information content (AvgIpc) is 2.83. The largest absolute Gasteiger partial charge is 0.608 e. The van der Waals surface area contributed by atoms with Crippen molar-refractivity contribution in [1.82, 2.24) is 5.32 Å². The van der Waals surface area contributed by atoms with E-state index in [-0.39, 0.29) is 6.61 Å². The molecule has 1 atom stereocenters. The molecule has 3 N–H and O–H groups in total. The van der Waals surface area contributed by atoms with Crippen LogP contribution in [0.3, 0.4) is 0 Å². The molecule has 0 aliphatic heterocycles. The molecule has 4 nitrogen and oxygen atoms in total. The summed E-state index contributed by atoms with van der Waals surface area (Å²) in [7, 11) is -2.12. The Morgan fingerprint density at radius 2 is 1.26 bits per heavy atom. The standard InChI is InChI=1S/C29H53N2O2P/c1-3-5-7-9-11-13-15-17-19-21-23-28(31-25-26-32)27-29(34(30)33)24-22-20-18-16-14-12-10-8-6-4-2/h17-20,23-24,30-32H,3-16,21-22,25-27H2,1-2H3/b19-17-,20-18-,28-23?,29-24?. The van der Waals surface area contributed by atoms with E-state index in [9.17, 15) is 10.00 Å². The highest BCUT2D eigenvalue weighted by molar-refractivity contribution is 7.42. The molecule has 0 aromatic rings. The van der Waals surface area contributed by atoms with Crippen LogP contribution >= 0.6 is 7.94 Å². The molecule has 1 unspecified atom stereocenters. The van der Waals surface area contributed by atoms with Crippen molar-refractivity contribution < 1.29 is 10.00 Å². The zero-order valence-corrected chi connectivity index (χ0v) is 23.1. The van der Waals surface area contributed by atoms with Gasteiger partial charge in [0.15, 0.2) is 7.94 Å². The zero-order valence-electron chi connectivity index (χ0n) is 22.2. The molecular formula is C29H53N2O2P. The lowest BCUT2D eigenvalue weighted by Crippen LogP contribution is -2.18. The summed E-state index contributed by atoms with van der Waals surface area (Å²) in [4.78, 5) is 12.0. The van der Waals surface area contributed by atoms with Crippen LogP contribution in [0.5, 0.6) is 0 Å². The maximum Gasteiger partial charge on any atom is 0.194 e. The van der Waals surface area contributed by atoms with Gasteiger partial charge in [0.2, 0.25) is 0 Å². The third kappa shape index (κ3) is 22.6. The summed E-state index contributed by atoms with van der Waals surface area (Å²) in [6.45, 7) is 5.01. The van der Waals surface area contributed by atoms with Crippen molar-refractivity contribution in [1.29, 1.82) is 5.16 Å². The lowest BCUT2D eigenvalue weighted by atomic mass is 10.1. The van der Waals surface area contributed by atoms with Crippen LogP contribution in [-0.2, 0) is 0 Å². The van der Waals surface area contributed by atoms with Crippen LogP contribution < -0.4 is 10.2 Å². The first-order chi connectivity index (χ1) is 16.7. The minimum absolute atomic E-state index is 0.0540. The summed E-state index contributed by atoms with van der Waals surface area (Å²) < 4.78 is 0. The van der Waals surface area contributed by atoms with Gasteiger partial charge in [0.1, 0.15) is 5.31 Å². The van der Waals surface area contributed by atoms with Crippen LogP contribution in [0.4, 0.5) is 0 Å². The molecule has 0 aliphatic rings. The van der Waals surface area contributed by atoms with Crippen LogP contribution in [0.15, 0.2) is 47.5 Å². The van der Waals surface area contributed by atoms with Gasteiger partial charge < -0.3 is 15.3 Å². The maximum atomic E-state index is 12.0. The van der Waals surface area contributed by atoms with Crippen molar-refractivity contribution in [2.75, 3.05) is 13.2 Å². The van der Waals surface area contributed by atoms with Crippen molar-refractivity contribution in [2.24, 2.45) is 0 Å². The molecule has 196 valence electrons. The van der Waals surface area contributed by atoms with Gasteiger partial charge >= 0.3 is 0 Å². The number of allylic oxidation sites excluding steroid dienone is 7. The van der Waals surface area contributed by atoms with E-state index in [1.165, 1.54) is 77.0 Å².